The molecule has 1 atom stereocenters. The topological polar surface area (TPSA) is 142 Å². The van der Waals surface area contributed by atoms with Crippen molar-refractivity contribution in [2.45, 2.75) is 13.0 Å². The summed E-state index contributed by atoms with van der Waals surface area (Å²) in [4.78, 5) is 31.5. The van der Waals surface area contributed by atoms with Crippen LogP contribution in [0.15, 0.2) is 78.2 Å². The maximum absolute atomic E-state index is 14.0. The van der Waals surface area contributed by atoms with Crippen LogP contribution >= 0.6 is 0 Å². The summed E-state index contributed by atoms with van der Waals surface area (Å²) < 4.78 is 6.06. The Balaban J connectivity index is 1.45. The molecule has 5 aromatic heterocycles. The number of fused-ring (bicyclic) bond motifs is 2. The van der Waals surface area contributed by atoms with Crippen molar-refractivity contribution in [3.63, 3.8) is 0 Å². The van der Waals surface area contributed by atoms with Gasteiger partial charge in [-0.3, -0.25) is 18.8 Å². The van der Waals surface area contributed by atoms with Gasteiger partial charge in [-0.05, 0) is 31.2 Å². The van der Waals surface area contributed by atoms with Crippen LogP contribution in [-0.4, -0.2) is 44.5 Å². The molecule has 12 heteroatoms. The van der Waals surface area contributed by atoms with Crippen LogP contribution in [0.4, 0.5) is 5.82 Å². The summed E-state index contributed by atoms with van der Waals surface area (Å²) in [7, 11) is 1.81. The van der Waals surface area contributed by atoms with Crippen molar-refractivity contribution < 1.29 is 4.79 Å². The Kier molecular flexibility index (Phi) is 5.65. The lowest BCUT2D eigenvalue weighted by atomic mass is 10.2. The first kappa shape index (κ1) is 23.7. The second kappa shape index (κ2) is 9.31. The van der Waals surface area contributed by atoms with Gasteiger partial charge in [0.25, 0.3) is 11.5 Å². The van der Waals surface area contributed by atoms with Gasteiger partial charge in [-0.1, -0.05) is 30.0 Å². The number of anilines is 1. The number of benzene rings is 1. The molecule has 6 aromatic rings. The standard InChI is InChI=1S/C27H22N10O2/c1-17(31-26(38)21-23(28)32-36-13-6-12-29-25(21)36)24-33-35-14-11-19(10-9-18-15-30-34(2)16-18)22(35)27(39)37(24)20-7-4-3-5-8-20/h3-8,11-17H,1-2H3,(H2,28,32)(H,31,38)/t17-/m1/s1. The van der Waals surface area contributed by atoms with Crippen LogP contribution in [0, 0.1) is 11.8 Å². The molecule has 1 aromatic carbocycles. The third-order valence-electron chi connectivity index (χ3n) is 6.16. The lowest BCUT2D eigenvalue weighted by Crippen LogP contribution is -2.34. The molecule has 6 rings (SSSR count). The van der Waals surface area contributed by atoms with Crippen molar-refractivity contribution in [3.8, 4) is 17.5 Å². The van der Waals surface area contributed by atoms with Crippen LogP contribution in [0.25, 0.3) is 16.9 Å². The fourth-order valence-corrected chi connectivity index (χ4v) is 4.37. The summed E-state index contributed by atoms with van der Waals surface area (Å²) in [5.74, 6) is 5.98. The van der Waals surface area contributed by atoms with Gasteiger partial charge in [-0.25, -0.2) is 14.0 Å². The molecule has 5 heterocycles. The number of nitrogen functional groups attached to an aromatic ring is 1. The second-order valence-electron chi connectivity index (χ2n) is 8.85. The molecule has 0 saturated heterocycles. The van der Waals surface area contributed by atoms with Crippen LogP contribution in [0.1, 0.15) is 40.3 Å². The third kappa shape index (κ3) is 4.17. The predicted octanol–water partition coefficient (Wildman–Crippen LogP) is 1.73. The average molecular weight is 519 g/mol. The molecule has 39 heavy (non-hydrogen) atoms. The highest BCUT2D eigenvalue weighted by atomic mass is 16.2. The summed E-state index contributed by atoms with van der Waals surface area (Å²) in [5.41, 5.74) is 8.33. The molecule has 0 aliphatic carbocycles. The summed E-state index contributed by atoms with van der Waals surface area (Å²) >= 11 is 0. The molecular weight excluding hydrogens is 496 g/mol. The van der Waals surface area contributed by atoms with Crippen LogP contribution < -0.4 is 16.6 Å². The van der Waals surface area contributed by atoms with Crippen molar-refractivity contribution >= 4 is 22.9 Å². The monoisotopic (exact) mass is 518 g/mol. The number of aryl methyl sites for hydroxylation is 1. The molecule has 0 spiro atoms. The van der Waals surface area contributed by atoms with E-state index in [-0.39, 0.29) is 16.9 Å². The molecule has 0 bridgehead atoms. The van der Waals surface area contributed by atoms with Gasteiger partial charge < -0.3 is 11.1 Å². The summed E-state index contributed by atoms with van der Waals surface area (Å²) in [6.07, 6.45) is 8.33. The quantitative estimate of drug-likeness (QED) is 0.339. The van der Waals surface area contributed by atoms with Crippen molar-refractivity contribution in [1.29, 1.82) is 0 Å². The van der Waals surface area contributed by atoms with Crippen LogP contribution in [-0.2, 0) is 7.05 Å². The maximum atomic E-state index is 14.0. The molecule has 0 fully saturated rings. The highest BCUT2D eigenvalue weighted by Gasteiger charge is 2.25. The van der Waals surface area contributed by atoms with E-state index in [1.54, 1.807) is 66.9 Å². The molecule has 0 unspecified atom stereocenters. The van der Waals surface area contributed by atoms with Gasteiger partial charge in [0.05, 0.1) is 29.1 Å². The lowest BCUT2D eigenvalue weighted by molar-refractivity contribution is 0.0940. The van der Waals surface area contributed by atoms with Gasteiger partial charge >= 0.3 is 0 Å². The maximum Gasteiger partial charge on any atom is 0.283 e. The van der Waals surface area contributed by atoms with E-state index in [4.69, 9.17) is 10.8 Å². The third-order valence-corrected chi connectivity index (χ3v) is 6.16. The number of nitrogens with one attached hydrogen (secondary N) is 1. The Hall–Kier alpha value is -5.70. The van der Waals surface area contributed by atoms with Crippen LogP contribution in [0.5, 0.6) is 0 Å². The highest BCUT2D eigenvalue weighted by molar-refractivity contribution is 6.04. The summed E-state index contributed by atoms with van der Waals surface area (Å²) in [5, 5.41) is 15.9. The predicted molar refractivity (Wildman–Crippen MR) is 143 cm³/mol. The van der Waals surface area contributed by atoms with E-state index in [1.807, 2.05) is 25.2 Å². The first-order chi connectivity index (χ1) is 18.9. The molecule has 3 N–H and O–H groups in total. The molecule has 0 radical (unpaired) electrons. The Labute approximate surface area is 221 Å². The van der Waals surface area contributed by atoms with Gasteiger partial charge in [-0.2, -0.15) is 10.2 Å². The first-order valence-corrected chi connectivity index (χ1v) is 12.0. The van der Waals surface area contributed by atoms with E-state index in [1.165, 1.54) is 13.6 Å². The zero-order chi connectivity index (χ0) is 27.1. The zero-order valence-corrected chi connectivity index (χ0v) is 21.0. The molecule has 12 nitrogen and oxygen atoms in total. The Morgan fingerprint density at radius 1 is 1.05 bits per heavy atom. The fourth-order valence-electron chi connectivity index (χ4n) is 4.37. The number of nitrogens with zero attached hydrogens (tertiary/aromatic N) is 8. The molecule has 192 valence electrons. The van der Waals surface area contributed by atoms with Crippen LogP contribution in [0.3, 0.4) is 0 Å². The van der Waals surface area contributed by atoms with E-state index in [9.17, 15) is 9.59 Å². The number of aromatic nitrogens is 8. The van der Waals surface area contributed by atoms with Gasteiger partial charge in [0, 0.05) is 31.8 Å². The minimum atomic E-state index is -0.694. The van der Waals surface area contributed by atoms with E-state index in [0.29, 0.717) is 28.2 Å². The van der Waals surface area contributed by atoms with Crippen molar-refractivity contribution in [2.75, 3.05) is 5.73 Å². The molecule has 0 saturated carbocycles. The normalized spacial score (nSPS) is 11.8. The van der Waals surface area contributed by atoms with Gasteiger partial charge in [-0.15, -0.1) is 5.10 Å². The number of hydrogen-bond acceptors (Lipinski definition) is 7. The van der Waals surface area contributed by atoms with Crippen molar-refractivity contribution in [3.05, 3.63) is 106 Å². The molecule has 1 amide bonds. The lowest BCUT2D eigenvalue weighted by Gasteiger charge is -2.19. The van der Waals surface area contributed by atoms with Crippen LogP contribution in [0.2, 0.25) is 0 Å². The number of carbonyl (C=O) groups excluding carboxylic acids is 1. The highest BCUT2D eigenvalue weighted by Crippen LogP contribution is 2.20. The molecular formula is C27H22N10O2. The zero-order valence-electron chi connectivity index (χ0n) is 21.0. The SMILES string of the molecule is C[C@@H](NC(=O)c1c(N)nn2cccnc12)c1nn2ccc(C#Cc3cnn(C)c3)c2c(=O)n1-c1ccccc1. The number of para-hydroxylation sites is 1. The molecule has 0 aliphatic heterocycles. The number of nitrogens with two attached hydrogens (primary N) is 1. The number of carbonyl (C=O) groups is 1. The van der Waals surface area contributed by atoms with Gasteiger partial charge in [0.2, 0.25) is 0 Å². The largest absolute Gasteiger partial charge is 0.381 e. The first-order valence-electron chi connectivity index (χ1n) is 12.0. The smallest absolute Gasteiger partial charge is 0.283 e. The number of amides is 1. The Morgan fingerprint density at radius 3 is 2.64 bits per heavy atom. The second-order valence-corrected chi connectivity index (χ2v) is 8.85. The van der Waals surface area contributed by atoms with Gasteiger partial charge in [0.15, 0.2) is 17.3 Å². The summed E-state index contributed by atoms with van der Waals surface area (Å²) in [6.45, 7) is 1.74. The minimum absolute atomic E-state index is 0.0458. The minimum Gasteiger partial charge on any atom is -0.381 e. The number of hydrogen-bond donors (Lipinski definition) is 2. The Bertz CT molecular complexity index is 1990. The number of rotatable bonds is 4. The fraction of sp³-hybridized carbons (Fsp3) is 0.111. The van der Waals surface area contributed by atoms with Crippen molar-refractivity contribution in [2.24, 2.45) is 7.05 Å². The van der Waals surface area contributed by atoms with E-state index in [0.717, 1.165) is 5.56 Å². The van der Waals surface area contributed by atoms with E-state index < -0.39 is 11.9 Å². The average Bonchev–Trinajstić information content (AvgIpc) is 3.63. The summed E-state index contributed by atoms with van der Waals surface area (Å²) in [6, 6.07) is 11.8. The van der Waals surface area contributed by atoms with Gasteiger partial charge in [0.1, 0.15) is 11.1 Å². The van der Waals surface area contributed by atoms with E-state index >= 15 is 0 Å². The van der Waals surface area contributed by atoms with E-state index in [2.05, 4.69) is 32.3 Å². The van der Waals surface area contributed by atoms with Crippen molar-refractivity contribution in [1.82, 2.24) is 43.9 Å². The molecule has 0 aliphatic rings. The Morgan fingerprint density at radius 2 is 1.87 bits per heavy atom.